The molecule has 0 spiro atoms. The second-order valence-corrected chi connectivity index (χ2v) is 8.23. The van der Waals surface area contributed by atoms with Gasteiger partial charge in [0.1, 0.15) is 6.04 Å². The summed E-state index contributed by atoms with van der Waals surface area (Å²) in [5.74, 6) is -0.0679. The molecule has 0 bridgehead atoms. The van der Waals surface area contributed by atoms with E-state index in [0.29, 0.717) is 6.42 Å². The normalized spacial score (nSPS) is 29.7. The molecule has 2 unspecified atom stereocenters. The molecular formula is C13H19N3O3S2. The fourth-order valence-corrected chi connectivity index (χ4v) is 5.04. The van der Waals surface area contributed by atoms with Crippen molar-refractivity contribution in [2.45, 2.75) is 31.3 Å². The Morgan fingerprint density at radius 2 is 2.10 bits per heavy atom. The predicted octanol–water partition coefficient (Wildman–Crippen LogP) is 0.950. The molecule has 3 heterocycles. The number of nitrogens with one attached hydrogen (secondary N) is 1. The smallest absolute Gasteiger partial charge is 0.280 e. The molecule has 2 fully saturated rings. The molecule has 2 aliphatic heterocycles. The largest absolute Gasteiger partial charge is 0.341 e. The van der Waals surface area contributed by atoms with Gasteiger partial charge in [0.2, 0.25) is 5.91 Å². The maximum absolute atomic E-state index is 12.6. The topological polar surface area (TPSA) is 69.7 Å². The monoisotopic (exact) mass is 329 g/mol. The van der Waals surface area contributed by atoms with Crippen LogP contribution in [0.5, 0.6) is 0 Å². The van der Waals surface area contributed by atoms with E-state index in [1.807, 2.05) is 17.5 Å². The van der Waals surface area contributed by atoms with Crippen molar-refractivity contribution in [3.63, 3.8) is 0 Å². The van der Waals surface area contributed by atoms with Crippen molar-refractivity contribution >= 4 is 27.5 Å². The van der Waals surface area contributed by atoms with Crippen LogP contribution in [0.25, 0.3) is 0 Å². The number of thiophene rings is 1. The van der Waals surface area contributed by atoms with Crippen molar-refractivity contribution in [1.82, 2.24) is 13.9 Å². The van der Waals surface area contributed by atoms with Crippen molar-refractivity contribution in [2.24, 2.45) is 0 Å². The average molecular weight is 329 g/mol. The van der Waals surface area contributed by atoms with Gasteiger partial charge in [0.05, 0.1) is 6.04 Å². The summed E-state index contributed by atoms with van der Waals surface area (Å²) in [5, 5.41) is 1.92. The van der Waals surface area contributed by atoms with Gasteiger partial charge in [-0.15, -0.1) is 11.3 Å². The van der Waals surface area contributed by atoms with Crippen LogP contribution in [0.3, 0.4) is 0 Å². The first-order valence-electron chi connectivity index (χ1n) is 7.06. The molecule has 3 rings (SSSR count). The molecule has 6 nitrogen and oxygen atoms in total. The summed E-state index contributed by atoms with van der Waals surface area (Å²) in [7, 11) is -2.14. The van der Waals surface area contributed by atoms with Crippen LogP contribution in [0.2, 0.25) is 0 Å². The van der Waals surface area contributed by atoms with Crippen LogP contribution in [-0.2, 0) is 15.0 Å². The number of carbonyl (C=O) groups excluding carboxylic acids is 1. The van der Waals surface area contributed by atoms with E-state index in [0.717, 1.165) is 30.8 Å². The first kappa shape index (κ1) is 15.0. The van der Waals surface area contributed by atoms with Gasteiger partial charge in [-0.25, -0.2) is 0 Å². The lowest BCUT2D eigenvalue weighted by Gasteiger charge is -2.37. The molecule has 1 amide bonds. The molecular weight excluding hydrogens is 310 g/mol. The van der Waals surface area contributed by atoms with Crippen molar-refractivity contribution < 1.29 is 13.2 Å². The van der Waals surface area contributed by atoms with Crippen LogP contribution in [0, 0.1) is 0 Å². The SMILES string of the molecule is CN1C(C(=O)N2CCCC2)CC(c2cccs2)NS1(=O)=O. The van der Waals surface area contributed by atoms with Gasteiger partial charge in [-0.05, 0) is 30.7 Å². The Balaban J connectivity index is 1.85. The van der Waals surface area contributed by atoms with Gasteiger partial charge in [0.25, 0.3) is 10.2 Å². The molecule has 8 heteroatoms. The Morgan fingerprint density at radius 1 is 1.38 bits per heavy atom. The van der Waals surface area contributed by atoms with Gasteiger partial charge < -0.3 is 4.90 Å². The van der Waals surface area contributed by atoms with E-state index in [4.69, 9.17) is 0 Å². The highest BCUT2D eigenvalue weighted by Crippen LogP contribution is 2.31. The van der Waals surface area contributed by atoms with Crippen LogP contribution in [0.15, 0.2) is 17.5 Å². The lowest BCUT2D eigenvalue weighted by atomic mass is 10.1. The van der Waals surface area contributed by atoms with Crippen LogP contribution >= 0.6 is 11.3 Å². The Kier molecular flexibility index (Phi) is 4.04. The van der Waals surface area contributed by atoms with Gasteiger partial charge in [-0.1, -0.05) is 6.07 Å². The third-order valence-electron chi connectivity index (χ3n) is 4.16. The summed E-state index contributed by atoms with van der Waals surface area (Å²) in [5.41, 5.74) is 0. The molecule has 0 aliphatic carbocycles. The van der Waals surface area contributed by atoms with Gasteiger partial charge in [-0.2, -0.15) is 17.4 Å². The van der Waals surface area contributed by atoms with E-state index in [1.165, 1.54) is 22.7 Å². The minimum absolute atomic E-state index is 0.0679. The van der Waals surface area contributed by atoms with Gasteiger partial charge >= 0.3 is 0 Å². The second-order valence-electron chi connectivity index (χ2n) is 5.49. The average Bonchev–Trinajstić information content (AvgIpc) is 3.13. The maximum Gasteiger partial charge on any atom is 0.280 e. The molecule has 116 valence electrons. The number of hydrogen-bond donors (Lipinski definition) is 1. The quantitative estimate of drug-likeness (QED) is 0.878. The lowest BCUT2D eigenvalue weighted by molar-refractivity contribution is -0.134. The molecule has 0 radical (unpaired) electrons. The summed E-state index contributed by atoms with van der Waals surface area (Å²) in [4.78, 5) is 15.3. The van der Waals surface area contributed by atoms with Crippen LogP contribution in [0.1, 0.15) is 30.2 Å². The van der Waals surface area contributed by atoms with Crippen LogP contribution < -0.4 is 4.72 Å². The zero-order valence-corrected chi connectivity index (χ0v) is 13.5. The van der Waals surface area contributed by atoms with E-state index >= 15 is 0 Å². The Morgan fingerprint density at radius 3 is 2.71 bits per heavy atom. The maximum atomic E-state index is 12.6. The van der Waals surface area contributed by atoms with Crippen molar-refractivity contribution in [1.29, 1.82) is 0 Å². The van der Waals surface area contributed by atoms with Crippen molar-refractivity contribution in [3.8, 4) is 0 Å². The Bertz CT molecular complexity index is 609. The third-order valence-corrected chi connectivity index (χ3v) is 6.74. The molecule has 2 saturated heterocycles. The van der Waals surface area contributed by atoms with Gasteiger partial charge in [0.15, 0.2) is 0 Å². The highest BCUT2D eigenvalue weighted by atomic mass is 32.2. The summed E-state index contributed by atoms with van der Waals surface area (Å²) in [6, 6.07) is 2.87. The highest BCUT2D eigenvalue weighted by molar-refractivity contribution is 7.87. The number of nitrogens with zero attached hydrogens (tertiary/aromatic N) is 2. The minimum Gasteiger partial charge on any atom is -0.341 e. The second kappa shape index (κ2) is 5.68. The highest BCUT2D eigenvalue weighted by Gasteiger charge is 2.42. The van der Waals surface area contributed by atoms with E-state index in [1.54, 1.807) is 4.90 Å². The van der Waals surface area contributed by atoms with Crippen molar-refractivity contribution in [3.05, 3.63) is 22.4 Å². The van der Waals surface area contributed by atoms with Gasteiger partial charge in [0, 0.05) is 25.0 Å². The number of likely N-dealkylation sites (N-methyl/N-ethyl adjacent to an activating group) is 1. The molecule has 0 saturated carbocycles. The van der Waals surface area contributed by atoms with E-state index in [-0.39, 0.29) is 11.9 Å². The molecule has 2 aliphatic rings. The summed E-state index contributed by atoms with van der Waals surface area (Å²) in [6.45, 7) is 1.47. The van der Waals surface area contributed by atoms with E-state index in [2.05, 4.69) is 4.72 Å². The number of likely N-dealkylation sites (tertiary alicyclic amines) is 1. The Labute approximate surface area is 128 Å². The summed E-state index contributed by atoms with van der Waals surface area (Å²) in [6.07, 6.45) is 2.48. The summed E-state index contributed by atoms with van der Waals surface area (Å²) < 4.78 is 28.4. The van der Waals surface area contributed by atoms with Crippen molar-refractivity contribution in [2.75, 3.05) is 20.1 Å². The molecule has 1 aromatic heterocycles. The number of hydrogen-bond acceptors (Lipinski definition) is 4. The lowest BCUT2D eigenvalue weighted by Crippen LogP contribution is -2.57. The molecule has 1 aromatic rings. The first-order chi connectivity index (χ1) is 9.99. The fraction of sp³-hybridized carbons (Fsp3) is 0.615. The number of amides is 1. The molecule has 1 N–H and O–H groups in total. The fourth-order valence-electron chi connectivity index (χ4n) is 2.92. The molecule has 2 atom stereocenters. The van der Waals surface area contributed by atoms with Gasteiger partial charge in [-0.3, -0.25) is 4.79 Å². The number of carbonyl (C=O) groups is 1. The van der Waals surface area contributed by atoms with E-state index in [9.17, 15) is 13.2 Å². The number of rotatable bonds is 2. The summed E-state index contributed by atoms with van der Waals surface area (Å²) >= 11 is 1.51. The van der Waals surface area contributed by atoms with Crippen LogP contribution in [-0.4, -0.2) is 49.7 Å². The molecule has 21 heavy (non-hydrogen) atoms. The van der Waals surface area contributed by atoms with E-state index < -0.39 is 16.3 Å². The Hall–Kier alpha value is -0.960. The molecule has 0 aromatic carbocycles. The zero-order chi connectivity index (χ0) is 15.0. The standard InChI is InChI=1S/C13H19N3O3S2/c1-15-11(13(17)16-6-2-3-7-16)9-10(14-21(15,18)19)12-5-4-8-20-12/h4-5,8,10-11,14H,2-3,6-7,9H2,1H3. The minimum atomic E-state index is -3.62. The zero-order valence-electron chi connectivity index (χ0n) is 11.9. The first-order valence-corrected chi connectivity index (χ1v) is 9.38. The van der Waals surface area contributed by atoms with Crippen LogP contribution in [0.4, 0.5) is 0 Å². The predicted molar refractivity (Wildman–Crippen MR) is 81.1 cm³/mol. The third kappa shape index (κ3) is 2.85.